The Bertz CT molecular complexity index is 1870. The van der Waals surface area contributed by atoms with Gasteiger partial charge < -0.3 is 13.9 Å². The number of nitro benzene ring substituents is 1. The van der Waals surface area contributed by atoms with Gasteiger partial charge in [0.25, 0.3) is 11.2 Å². The molecule has 0 aliphatic carbocycles. The fraction of sp³-hybridized carbons (Fsp3) is 0.103. The second-order valence-corrected chi connectivity index (χ2v) is 9.76. The third kappa shape index (κ3) is 5.54. The van der Waals surface area contributed by atoms with Gasteiger partial charge >= 0.3 is 11.9 Å². The number of carbonyl (C=O) groups is 2. The topological polar surface area (TPSA) is 143 Å². The second-order valence-electron chi connectivity index (χ2n) is 8.75. The Kier molecular flexibility index (Phi) is 7.57. The van der Waals surface area contributed by atoms with Gasteiger partial charge in [-0.2, -0.15) is 0 Å². The van der Waals surface area contributed by atoms with E-state index in [0.29, 0.717) is 26.2 Å². The summed E-state index contributed by atoms with van der Waals surface area (Å²) in [6, 6.07) is 14.3. The van der Waals surface area contributed by atoms with E-state index in [9.17, 15) is 24.5 Å². The lowest BCUT2D eigenvalue weighted by atomic mass is 9.96. The van der Waals surface area contributed by atoms with Crippen molar-refractivity contribution in [2.45, 2.75) is 13.0 Å². The zero-order valence-corrected chi connectivity index (χ0v) is 22.3. The number of nitro groups is 1. The molecule has 2 aromatic heterocycles. The van der Waals surface area contributed by atoms with Gasteiger partial charge in [0.2, 0.25) is 5.76 Å². The van der Waals surface area contributed by atoms with Gasteiger partial charge in [-0.25, -0.2) is 14.6 Å². The van der Waals surface area contributed by atoms with Crippen LogP contribution in [-0.4, -0.2) is 28.0 Å². The Balaban J connectivity index is 1.57. The lowest BCUT2D eigenvalue weighted by Crippen LogP contribution is -2.39. The van der Waals surface area contributed by atoms with E-state index in [2.05, 4.69) is 11.6 Å². The highest BCUT2D eigenvalue weighted by molar-refractivity contribution is 7.07. The Morgan fingerprint density at radius 3 is 2.51 bits per heavy atom. The molecule has 0 fully saturated rings. The Morgan fingerprint density at radius 1 is 1.15 bits per heavy atom. The number of carbonyl (C=O) groups excluding carboxylic acids is 2. The van der Waals surface area contributed by atoms with Crippen molar-refractivity contribution in [1.29, 1.82) is 0 Å². The number of hydrogen-bond donors (Lipinski definition) is 0. The summed E-state index contributed by atoms with van der Waals surface area (Å²) in [5.41, 5.74) is 1.20. The lowest BCUT2D eigenvalue weighted by molar-refractivity contribution is -0.384. The molecular weight excluding hydrogens is 550 g/mol. The van der Waals surface area contributed by atoms with Crippen molar-refractivity contribution in [3.8, 4) is 5.75 Å². The third-order valence-electron chi connectivity index (χ3n) is 6.10. The van der Waals surface area contributed by atoms with Crippen LogP contribution in [0.5, 0.6) is 5.75 Å². The maximum Gasteiger partial charge on any atom is 0.379 e. The van der Waals surface area contributed by atoms with Crippen molar-refractivity contribution >= 4 is 35.0 Å². The van der Waals surface area contributed by atoms with Crippen LogP contribution < -0.4 is 19.6 Å². The van der Waals surface area contributed by atoms with Crippen LogP contribution >= 0.6 is 11.3 Å². The summed E-state index contributed by atoms with van der Waals surface area (Å²) in [5.74, 6) is -1.06. The molecule has 5 rings (SSSR count). The minimum atomic E-state index is -0.891. The van der Waals surface area contributed by atoms with E-state index in [1.165, 1.54) is 35.1 Å². The summed E-state index contributed by atoms with van der Waals surface area (Å²) < 4.78 is 17.5. The van der Waals surface area contributed by atoms with Crippen LogP contribution in [-0.2, 0) is 9.53 Å². The van der Waals surface area contributed by atoms with E-state index in [-0.39, 0.29) is 29.4 Å². The molecule has 1 aliphatic heterocycles. The predicted octanol–water partition coefficient (Wildman–Crippen LogP) is 3.68. The molecule has 11 nitrogen and oxygen atoms in total. The van der Waals surface area contributed by atoms with Crippen molar-refractivity contribution in [2.75, 3.05) is 6.61 Å². The van der Waals surface area contributed by atoms with E-state index in [1.54, 1.807) is 55.5 Å². The number of fused-ring (bicyclic) bond motifs is 1. The minimum Gasteiger partial charge on any atom is -0.458 e. The first-order valence-corrected chi connectivity index (χ1v) is 13.0. The van der Waals surface area contributed by atoms with Crippen LogP contribution in [0, 0.1) is 10.1 Å². The number of aromatic nitrogens is 1. The van der Waals surface area contributed by atoms with Crippen LogP contribution in [0.4, 0.5) is 5.69 Å². The van der Waals surface area contributed by atoms with E-state index in [4.69, 9.17) is 13.9 Å². The van der Waals surface area contributed by atoms with Crippen LogP contribution in [0.15, 0.2) is 105 Å². The summed E-state index contributed by atoms with van der Waals surface area (Å²) >= 11 is 1.12. The highest BCUT2D eigenvalue weighted by atomic mass is 32.1. The quantitative estimate of drug-likeness (QED) is 0.102. The molecule has 4 aromatic rings. The summed E-state index contributed by atoms with van der Waals surface area (Å²) in [7, 11) is 0. The molecule has 0 amide bonds. The second kappa shape index (κ2) is 11.4. The molecule has 3 heterocycles. The number of ether oxygens (including phenoxy) is 2. The Morgan fingerprint density at radius 2 is 1.88 bits per heavy atom. The number of benzene rings is 2. The lowest BCUT2D eigenvalue weighted by Gasteiger charge is -2.24. The summed E-state index contributed by atoms with van der Waals surface area (Å²) in [5, 5.41) is 11.0. The average molecular weight is 572 g/mol. The highest BCUT2D eigenvalue weighted by Gasteiger charge is 2.33. The number of furan rings is 1. The number of non-ortho nitro benzene ring substituents is 1. The fourth-order valence-corrected chi connectivity index (χ4v) is 5.27. The monoisotopic (exact) mass is 571 g/mol. The normalized spacial score (nSPS) is 14.7. The Labute approximate surface area is 235 Å². The zero-order chi connectivity index (χ0) is 29.1. The maximum atomic E-state index is 13.7. The van der Waals surface area contributed by atoms with Crippen molar-refractivity contribution in [2.24, 2.45) is 4.99 Å². The molecule has 0 saturated heterocycles. The fourth-order valence-electron chi connectivity index (χ4n) is 4.22. The molecule has 0 saturated carbocycles. The Hall–Kier alpha value is -5.36. The highest BCUT2D eigenvalue weighted by Crippen LogP contribution is 2.32. The average Bonchev–Trinajstić information content (AvgIpc) is 3.60. The van der Waals surface area contributed by atoms with Gasteiger partial charge in [0.1, 0.15) is 12.4 Å². The molecule has 0 N–H and O–H groups in total. The van der Waals surface area contributed by atoms with Crippen LogP contribution in [0.25, 0.3) is 6.08 Å². The molecule has 12 heteroatoms. The minimum absolute atomic E-state index is 0.0332. The van der Waals surface area contributed by atoms with Gasteiger partial charge in [-0.3, -0.25) is 19.5 Å². The molecule has 0 spiro atoms. The van der Waals surface area contributed by atoms with Crippen molar-refractivity contribution in [1.82, 2.24) is 4.57 Å². The van der Waals surface area contributed by atoms with Crippen molar-refractivity contribution in [3.63, 3.8) is 0 Å². The summed E-state index contributed by atoms with van der Waals surface area (Å²) in [4.78, 5) is 54.5. The number of thiazole rings is 1. The van der Waals surface area contributed by atoms with Gasteiger partial charge in [0, 0.05) is 12.1 Å². The molecule has 206 valence electrons. The molecule has 1 aliphatic rings. The first-order chi connectivity index (χ1) is 19.8. The largest absolute Gasteiger partial charge is 0.458 e. The molecule has 0 radical (unpaired) electrons. The van der Waals surface area contributed by atoms with Gasteiger partial charge in [0.05, 0.1) is 33.0 Å². The standard InChI is InChI=1S/C29H21N3O8S/c1-3-14-39-28(35)24-17(2)30-29-31(26(33)23(41-29)16-18-6-10-20(11-7-18)32(36)37)25(24)19-8-12-21(13-9-19)40-27(34)22-5-4-15-38-22/h3-13,15-16,25H,1,14H2,2H3/b23-16+. The van der Waals surface area contributed by atoms with Crippen LogP contribution in [0.1, 0.15) is 34.6 Å². The van der Waals surface area contributed by atoms with E-state index < -0.39 is 28.5 Å². The van der Waals surface area contributed by atoms with E-state index in [0.717, 1.165) is 11.3 Å². The molecular formula is C29H21N3O8S. The van der Waals surface area contributed by atoms with E-state index in [1.807, 2.05) is 0 Å². The van der Waals surface area contributed by atoms with Gasteiger partial charge in [0.15, 0.2) is 4.80 Å². The number of rotatable bonds is 8. The number of allylic oxidation sites excluding steroid dienone is 1. The molecule has 2 aromatic carbocycles. The number of nitrogens with zero attached hydrogens (tertiary/aromatic N) is 3. The molecule has 41 heavy (non-hydrogen) atoms. The van der Waals surface area contributed by atoms with Crippen molar-refractivity contribution < 1.29 is 28.4 Å². The smallest absolute Gasteiger partial charge is 0.379 e. The van der Waals surface area contributed by atoms with Crippen molar-refractivity contribution in [3.05, 3.63) is 138 Å². The first-order valence-electron chi connectivity index (χ1n) is 12.2. The summed E-state index contributed by atoms with van der Waals surface area (Å²) in [6.45, 7) is 5.20. The van der Waals surface area contributed by atoms with Crippen LogP contribution in [0.2, 0.25) is 0 Å². The van der Waals surface area contributed by atoms with Gasteiger partial charge in [-0.1, -0.05) is 36.1 Å². The summed E-state index contributed by atoms with van der Waals surface area (Å²) in [6.07, 6.45) is 4.40. The number of esters is 2. The maximum absolute atomic E-state index is 13.7. The SMILES string of the molecule is C=CCOC(=O)C1=C(C)N=c2s/c(=C/c3ccc([N+](=O)[O-])cc3)c(=O)n2C1c1ccc(OC(=O)c2ccco2)cc1. The molecule has 1 unspecified atom stereocenters. The molecule has 0 bridgehead atoms. The first kappa shape index (κ1) is 27.2. The third-order valence-corrected chi connectivity index (χ3v) is 7.09. The zero-order valence-electron chi connectivity index (χ0n) is 21.5. The van der Waals surface area contributed by atoms with E-state index >= 15 is 0 Å². The van der Waals surface area contributed by atoms with Gasteiger partial charge in [-0.15, -0.1) is 0 Å². The number of hydrogen-bond acceptors (Lipinski definition) is 10. The van der Waals surface area contributed by atoms with Crippen LogP contribution in [0.3, 0.4) is 0 Å². The van der Waals surface area contributed by atoms with Gasteiger partial charge in [-0.05, 0) is 60.5 Å². The molecule has 1 atom stereocenters. The predicted molar refractivity (Wildman–Crippen MR) is 148 cm³/mol.